The second-order valence-corrected chi connectivity index (χ2v) is 7.69. The number of rotatable bonds is 6. The molecule has 0 saturated carbocycles. The van der Waals surface area contributed by atoms with Crippen LogP contribution in [0.25, 0.3) is 44.5 Å². The van der Waals surface area contributed by atoms with Crippen LogP contribution >= 0.6 is 0 Å². The smallest absolute Gasteiger partial charge is 0.195 e. The zero-order chi connectivity index (χ0) is 22.1. The average Bonchev–Trinajstić information content (AvgIpc) is 3.55. The summed E-state index contributed by atoms with van der Waals surface area (Å²) in [5, 5.41) is 0. The van der Waals surface area contributed by atoms with E-state index in [9.17, 15) is 4.79 Å². The standard InChI is InChI=1S/C29H22O3/c1-31-25-15-11-21(12-16-25)19-3-7-23(8-4-19)27-28(29(27)30)24-9-5-20(6-10-24)22-13-17-26(32-2)18-14-22/h3-18H,1-2H3. The fourth-order valence-electron chi connectivity index (χ4n) is 3.95. The number of ether oxygens (including phenoxy) is 2. The molecule has 0 N–H and O–H groups in total. The maximum absolute atomic E-state index is 12.6. The largest absolute Gasteiger partial charge is 0.497 e. The zero-order valence-corrected chi connectivity index (χ0v) is 18.0. The quantitative estimate of drug-likeness (QED) is 0.311. The van der Waals surface area contributed by atoms with E-state index in [0.29, 0.717) is 0 Å². The van der Waals surface area contributed by atoms with E-state index in [4.69, 9.17) is 9.47 Å². The predicted octanol–water partition coefficient (Wildman–Crippen LogP) is 6.61. The van der Waals surface area contributed by atoms with Crippen molar-refractivity contribution in [2.75, 3.05) is 14.2 Å². The van der Waals surface area contributed by atoms with Crippen LogP contribution in [0.15, 0.2) is 102 Å². The summed E-state index contributed by atoms with van der Waals surface area (Å²) in [7, 11) is 3.32. The molecular formula is C29H22O3. The van der Waals surface area contributed by atoms with Crippen LogP contribution in [-0.2, 0) is 0 Å². The lowest BCUT2D eigenvalue weighted by Gasteiger charge is -2.05. The highest BCUT2D eigenvalue weighted by Crippen LogP contribution is 2.36. The van der Waals surface area contributed by atoms with Crippen LogP contribution in [0.4, 0.5) is 0 Å². The Balaban J connectivity index is 1.35. The van der Waals surface area contributed by atoms with Gasteiger partial charge >= 0.3 is 0 Å². The van der Waals surface area contributed by atoms with Crippen molar-refractivity contribution < 1.29 is 9.47 Å². The first-order valence-corrected chi connectivity index (χ1v) is 10.5. The third-order valence-electron chi connectivity index (χ3n) is 5.84. The second-order valence-electron chi connectivity index (χ2n) is 7.69. The van der Waals surface area contributed by atoms with Gasteiger partial charge in [0, 0.05) is 11.1 Å². The Morgan fingerprint density at radius 3 is 0.938 bits per heavy atom. The summed E-state index contributed by atoms with van der Waals surface area (Å²) in [6.07, 6.45) is 0. The molecule has 0 aliphatic heterocycles. The lowest BCUT2D eigenvalue weighted by atomic mass is 10.0. The van der Waals surface area contributed by atoms with Gasteiger partial charge in [0.15, 0.2) is 5.43 Å². The van der Waals surface area contributed by atoms with Crippen LogP contribution in [0.3, 0.4) is 0 Å². The van der Waals surface area contributed by atoms with Crippen molar-refractivity contribution in [3.05, 3.63) is 107 Å². The highest BCUT2D eigenvalue weighted by Gasteiger charge is 2.25. The van der Waals surface area contributed by atoms with Gasteiger partial charge in [0.05, 0.1) is 14.2 Å². The highest BCUT2D eigenvalue weighted by molar-refractivity contribution is 5.94. The minimum Gasteiger partial charge on any atom is -0.497 e. The van der Waals surface area contributed by atoms with Crippen LogP contribution in [0.5, 0.6) is 11.5 Å². The monoisotopic (exact) mass is 418 g/mol. The van der Waals surface area contributed by atoms with Crippen molar-refractivity contribution >= 4 is 0 Å². The van der Waals surface area contributed by atoms with E-state index in [0.717, 1.165) is 56.0 Å². The van der Waals surface area contributed by atoms with Gasteiger partial charge in [0.25, 0.3) is 0 Å². The molecule has 5 rings (SSSR count). The lowest BCUT2D eigenvalue weighted by Crippen LogP contribution is -1.83. The van der Waals surface area contributed by atoms with Gasteiger partial charge in [-0.3, -0.25) is 4.79 Å². The third-order valence-corrected chi connectivity index (χ3v) is 5.84. The minimum atomic E-state index is 0.124. The molecule has 5 aromatic rings. The summed E-state index contributed by atoms with van der Waals surface area (Å²) in [6.45, 7) is 0. The summed E-state index contributed by atoms with van der Waals surface area (Å²) in [5.74, 6) is 1.67. The number of hydrogen-bond acceptors (Lipinski definition) is 3. The van der Waals surface area contributed by atoms with Crippen molar-refractivity contribution in [1.29, 1.82) is 0 Å². The van der Waals surface area contributed by atoms with Crippen molar-refractivity contribution in [2.45, 2.75) is 0 Å². The molecule has 32 heavy (non-hydrogen) atoms. The predicted molar refractivity (Wildman–Crippen MR) is 130 cm³/mol. The first-order valence-electron chi connectivity index (χ1n) is 10.5. The van der Waals surface area contributed by atoms with Gasteiger partial charge in [-0.2, -0.15) is 0 Å². The minimum absolute atomic E-state index is 0.124. The van der Waals surface area contributed by atoms with Crippen molar-refractivity contribution in [2.24, 2.45) is 0 Å². The van der Waals surface area contributed by atoms with Gasteiger partial charge in [-0.15, -0.1) is 0 Å². The Kier molecular flexibility index (Phi) is 5.08. The highest BCUT2D eigenvalue weighted by atomic mass is 16.5. The molecule has 0 heterocycles. The van der Waals surface area contributed by atoms with Crippen LogP contribution in [0.1, 0.15) is 0 Å². The molecule has 0 aliphatic carbocycles. The molecule has 0 saturated heterocycles. The summed E-state index contributed by atoms with van der Waals surface area (Å²) >= 11 is 0. The third kappa shape index (κ3) is 3.69. The van der Waals surface area contributed by atoms with Crippen LogP contribution in [0, 0.1) is 0 Å². The van der Waals surface area contributed by atoms with Gasteiger partial charge in [0.1, 0.15) is 11.5 Å². The molecule has 0 amide bonds. The first-order chi connectivity index (χ1) is 15.7. The molecule has 156 valence electrons. The topological polar surface area (TPSA) is 35.5 Å². The van der Waals surface area contributed by atoms with Gasteiger partial charge in [-0.25, -0.2) is 0 Å². The molecule has 3 heteroatoms. The van der Waals surface area contributed by atoms with Crippen LogP contribution < -0.4 is 14.9 Å². The van der Waals surface area contributed by atoms with Gasteiger partial charge < -0.3 is 9.47 Å². The Bertz CT molecular complexity index is 1250. The Morgan fingerprint density at radius 1 is 0.406 bits per heavy atom. The number of methoxy groups -OCH3 is 2. The first kappa shape index (κ1) is 19.8. The fourth-order valence-corrected chi connectivity index (χ4v) is 3.95. The average molecular weight is 418 g/mol. The molecule has 0 aromatic heterocycles. The molecule has 5 aromatic carbocycles. The van der Waals surface area contributed by atoms with Crippen LogP contribution in [0.2, 0.25) is 0 Å². The van der Waals surface area contributed by atoms with Crippen molar-refractivity contribution in [3.63, 3.8) is 0 Å². The van der Waals surface area contributed by atoms with Crippen molar-refractivity contribution in [3.8, 4) is 56.0 Å². The van der Waals surface area contributed by atoms with E-state index >= 15 is 0 Å². The maximum atomic E-state index is 12.6. The molecule has 0 radical (unpaired) electrons. The molecule has 3 nitrogen and oxygen atoms in total. The Labute approximate surface area is 187 Å². The molecule has 0 fully saturated rings. The molecule has 0 atom stereocenters. The van der Waals surface area contributed by atoms with Gasteiger partial charge in [-0.05, 0) is 57.6 Å². The SMILES string of the molecule is COc1ccc(-c2ccc(-c3c(-c4ccc(-c5ccc(OC)cc5)cc4)c3=O)cc2)cc1. The zero-order valence-electron chi connectivity index (χ0n) is 18.0. The van der Waals surface area contributed by atoms with Crippen molar-refractivity contribution in [1.82, 2.24) is 0 Å². The van der Waals surface area contributed by atoms with E-state index in [1.165, 1.54) is 0 Å². The fraction of sp³-hybridized carbons (Fsp3) is 0.0690. The molecule has 0 bridgehead atoms. The van der Waals surface area contributed by atoms with Gasteiger partial charge in [0.2, 0.25) is 0 Å². The number of hydrogen-bond donors (Lipinski definition) is 0. The molecule has 0 unspecified atom stereocenters. The Morgan fingerprint density at radius 2 is 0.656 bits per heavy atom. The van der Waals surface area contributed by atoms with E-state index in [2.05, 4.69) is 24.3 Å². The van der Waals surface area contributed by atoms with Gasteiger partial charge in [-0.1, -0.05) is 72.8 Å². The summed E-state index contributed by atoms with van der Waals surface area (Å²) in [6, 6.07) is 32.2. The summed E-state index contributed by atoms with van der Waals surface area (Å²) < 4.78 is 10.4. The van der Waals surface area contributed by atoms with E-state index in [1.54, 1.807) is 14.2 Å². The Hall–Kier alpha value is -4.11. The summed E-state index contributed by atoms with van der Waals surface area (Å²) in [4.78, 5) is 12.6. The number of benzene rings is 4. The molecule has 0 spiro atoms. The molecule has 0 aliphatic rings. The van der Waals surface area contributed by atoms with E-state index < -0.39 is 0 Å². The maximum Gasteiger partial charge on any atom is 0.195 e. The van der Waals surface area contributed by atoms with E-state index in [1.807, 2.05) is 72.8 Å². The summed E-state index contributed by atoms with van der Waals surface area (Å²) in [5.41, 5.74) is 8.10. The normalized spacial score (nSPS) is 10.9. The lowest BCUT2D eigenvalue weighted by molar-refractivity contribution is 0.415. The van der Waals surface area contributed by atoms with Crippen LogP contribution in [-0.4, -0.2) is 14.2 Å². The van der Waals surface area contributed by atoms with E-state index in [-0.39, 0.29) is 5.43 Å². The second kappa shape index (κ2) is 8.20. The molecular weight excluding hydrogens is 396 g/mol.